The van der Waals surface area contributed by atoms with Gasteiger partial charge < -0.3 is 9.47 Å². The predicted molar refractivity (Wildman–Crippen MR) is 76.8 cm³/mol. The standard InChI is InChI=1S/C16H24N2O/c1-11-10-17(3)8-7-14(11)18-12(2)9-13-15(18)5-4-6-16(13)19/h9,11,14H,4-8,10H2,1-3H3. The maximum Gasteiger partial charge on any atom is 0.164 e. The molecule has 2 heterocycles. The molecule has 0 spiro atoms. The van der Waals surface area contributed by atoms with Gasteiger partial charge in [0.15, 0.2) is 5.78 Å². The molecule has 104 valence electrons. The smallest absolute Gasteiger partial charge is 0.164 e. The van der Waals surface area contributed by atoms with Crippen LogP contribution in [0.5, 0.6) is 0 Å². The lowest BCUT2D eigenvalue weighted by Gasteiger charge is -2.37. The first-order valence-electron chi connectivity index (χ1n) is 7.50. The number of aromatic nitrogens is 1. The van der Waals surface area contributed by atoms with Crippen molar-refractivity contribution in [2.45, 2.75) is 45.6 Å². The van der Waals surface area contributed by atoms with E-state index >= 15 is 0 Å². The number of aryl methyl sites for hydroxylation is 1. The fourth-order valence-corrected chi connectivity index (χ4v) is 3.94. The van der Waals surface area contributed by atoms with Crippen LogP contribution in [0.4, 0.5) is 0 Å². The van der Waals surface area contributed by atoms with Crippen LogP contribution in [0.1, 0.15) is 54.0 Å². The van der Waals surface area contributed by atoms with Crippen molar-refractivity contribution in [1.82, 2.24) is 9.47 Å². The average Bonchev–Trinajstić information content (AvgIpc) is 2.68. The Labute approximate surface area is 115 Å². The number of nitrogens with zero attached hydrogens (tertiary/aromatic N) is 2. The Kier molecular flexibility index (Phi) is 3.25. The number of carbonyl (C=O) groups is 1. The Balaban J connectivity index is 1.99. The van der Waals surface area contributed by atoms with Gasteiger partial charge in [-0.1, -0.05) is 6.92 Å². The molecule has 3 heteroatoms. The van der Waals surface area contributed by atoms with Gasteiger partial charge in [0.25, 0.3) is 0 Å². The third-order valence-corrected chi connectivity index (χ3v) is 4.85. The van der Waals surface area contributed by atoms with Gasteiger partial charge in [0.05, 0.1) is 0 Å². The van der Waals surface area contributed by atoms with Crippen LogP contribution in [0.2, 0.25) is 0 Å². The molecule has 0 bridgehead atoms. The minimum atomic E-state index is 0.351. The van der Waals surface area contributed by atoms with Crippen LogP contribution in [0.25, 0.3) is 0 Å². The number of rotatable bonds is 1. The Morgan fingerprint density at radius 3 is 2.84 bits per heavy atom. The minimum Gasteiger partial charge on any atom is -0.345 e. The molecule has 0 aromatic carbocycles. The van der Waals surface area contributed by atoms with Crippen LogP contribution < -0.4 is 0 Å². The molecule has 1 saturated heterocycles. The van der Waals surface area contributed by atoms with Crippen LogP contribution in [-0.4, -0.2) is 35.4 Å². The second-order valence-corrected chi connectivity index (χ2v) is 6.39. The van der Waals surface area contributed by atoms with E-state index in [-0.39, 0.29) is 0 Å². The van der Waals surface area contributed by atoms with E-state index in [1.165, 1.54) is 17.8 Å². The summed E-state index contributed by atoms with van der Waals surface area (Å²) >= 11 is 0. The fourth-order valence-electron chi connectivity index (χ4n) is 3.94. The van der Waals surface area contributed by atoms with Gasteiger partial charge in [0, 0.05) is 36.0 Å². The van der Waals surface area contributed by atoms with E-state index < -0.39 is 0 Å². The quantitative estimate of drug-likeness (QED) is 0.776. The third kappa shape index (κ3) is 2.14. The van der Waals surface area contributed by atoms with Gasteiger partial charge in [-0.2, -0.15) is 0 Å². The number of hydrogen-bond donors (Lipinski definition) is 0. The number of carbonyl (C=O) groups excluding carboxylic acids is 1. The Morgan fingerprint density at radius 2 is 2.11 bits per heavy atom. The van der Waals surface area contributed by atoms with Crippen molar-refractivity contribution in [2.75, 3.05) is 20.1 Å². The van der Waals surface area contributed by atoms with E-state index in [1.807, 2.05) is 0 Å². The lowest BCUT2D eigenvalue weighted by Crippen LogP contribution is -2.38. The van der Waals surface area contributed by atoms with Gasteiger partial charge >= 0.3 is 0 Å². The highest BCUT2D eigenvalue weighted by atomic mass is 16.1. The summed E-state index contributed by atoms with van der Waals surface area (Å²) < 4.78 is 2.49. The predicted octanol–water partition coefficient (Wildman–Crippen LogP) is 2.83. The molecule has 1 aromatic rings. The Bertz CT molecular complexity index is 503. The van der Waals surface area contributed by atoms with Gasteiger partial charge in [-0.25, -0.2) is 0 Å². The molecular formula is C16H24N2O. The van der Waals surface area contributed by atoms with Crippen molar-refractivity contribution in [3.63, 3.8) is 0 Å². The third-order valence-electron chi connectivity index (χ3n) is 4.85. The molecule has 1 aromatic heterocycles. The number of ketones is 1. The zero-order valence-corrected chi connectivity index (χ0v) is 12.3. The second kappa shape index (κ2) is 4.78. The highest BCUT2D eigenvalue weighted by Gasteiger charge is 2.31. The molecule has 2 unspecified atom stereocenters. The van der Waals surface area contributed by atoms with Crippen molar-refractivity contribution in [3.8, 4) is 0 Å². The molecule has 2 atom stereocenters. The first-order valence-corrected chi connectivity index (χ1v) is 7.50. The van der Waals surface area contributed by atoms with Crippen LogP contribution in [0.3, 0.4) is 0 Å². The molecule has 0 radical (unpaired) electrons. The summed E-state index contributed by atoms with van der Waals surface area (Å²) in [6, 6.07) is 2.70. The second-order valence-electron chi connectivity index (χ2n) is 6.39. The summed E-state index contributed by atoms with van der Waals surface area (Å²) in [7, 11) is 2.20. The van der Waals surface area contributed by atoms with E-state index in [0.717, 1.165) is 37.9 Å². The Hall–Kier alpha value is -1.09. The van der Waals surface area contributed by atoms with E-state index in [0.29, 0.717) is 17.7 Å². The molecule has 3 nitrogen and oxygen atoms in total. The van der Waals surface area contributed by atoms with Gasteiger partial charge in [0.1, 0.15) is 0 Å². The number of likely N-dealkylation sites (tertiary alicyclic amines) is 1. The van der Waals surface area contributed by atoms with Gasteiger partial charge in [-0.3, -0.25) is 4.79 Å². The molecule has 0 saturated carbocycles. The minimum absolute atomic E-state index is 0.351. The largest absolute Gasteiger partial charge is 0.345 e. The van der Waals surface area contributed by atoms with Crippen molar-refractivity contribution >= 4 is 5.78 Å². The molecule has 0 amide bonds. The lowest BCUT2D eigenvalue weighted by atomic mass is 9.92. The molecule has 1 aliphatic carbocycles. The van der Waals surface area contributed by atoms with Crippen LogP contribution >= 0.6 is 0 Å². The van der Waals surface area contributed by atoms with Gasteiger partial charge in [-0.05, 0) is 51.8 Å². The zero-order chi connectivity index (χ0) is 13.6. The SMILES string of the molecule is Cc1cc2c(n1C1CCN(C)CC1C)CCCC2=O. The average molecular weight is 260 g/mol. The highest BCUT2D eigenvalue weighted by Crippen LogP contribution is 2.34. The molecule has 1 aliphatic heterocycles. The van der Waals surface area contributed by atoms with Crippen molar-refractivity contribution in [2.24, 2.45) is 5.92 Å². The van der Waals surface area contributed by atoms with E-state index in [2.05, 4.69) is 36.4 Å². The topological polar surface area (TPSA) is 25.2 Å². The molecule has 19 heavy (non-hydrogen) atoms. The summed E-state index contributed by atoms with van der Waals surface area (Å²) in [6.07, 6.45) is 4.04. The lowest BCUT2D eigenvalue weighted by molar-refractivity contribution is 0.0969. The number of fused-ring (bicyclic) bond motifs is 1. The maximum absolute atomic E-state index is 12.0. The molecule has 3 rings (SSSR count). The monoisotopic (exact) mass is 260 g/mol. The maximum atomic E-state index is 12.0. The Morgan fingerprint density at radius 1 is 1.32 bits per heavy atom. The van der Waals surface area contributed by atoms with Crippen molar-refractivity contribution in [3.05, 3.63) is 23.0 Å². The summed E-state index contributed by atoms with van der Waals surface area (Å²) in [4.78, 5) is 14.5. The summed E-state index contributed by atoms with van der Waals surface area (Å²) in [6.45, 7) is 6.83. The van der Waals surface area contributed by atoms with Crippen molar-refractivity contribution in [1.29, 1.82) is 0 Å². The van der Waals surface area contributed by atoms with Crippen molar-refractivity contribution < 1.29 is 4.79 Å². The molecule has 1 fully saturated rings. The summed E-state index contributed by atoms with van der Waals surface area (Å²) in [5.41, 5.74) is 3.60. The van der Waals surface area contributed by atoms with Gasteiger partial charge in [-0.15, -0.1) is 0 Å². The number of hydrogen-bond acceptors (Lipinski definition) is 2. The van der Waals surface area contributed by atoms with E-state index in [9.17, 15) is 4.79 Å². The van der Waals surface area contributed by atoms with E-state index in [4.69, 9.17) is 0 Å². The molecular weight excluding hydrogens is 236 g/mol. The molecule has 0 N–H and O–H groups in total. The van der Waals surface area contributed by atoms with Gasteiger partial charge in [0.2, 0.25) is 0 Å². The first-order chi connectivity index (χ1) is 9.08. The van der Waals surface area contributed by atoms with Crippen LogP contribution in [-0.2, 0) is 6.42 Å². The van der Waals surface area contributed by atoms with Crippen LogP contribution in [0.15, 0.2) is 6.07 Å². The summed E-state index contributed by atoms with van der Waals surface area (Å²) in [5, 5.41) is 0. The zero-order valence-electron chi connectivity index (χ0n) is 12.3. The summed E-state index contributed by atoms with van der Waals surface area (Å²) in [5.74, 6) is 1.01. The first kappa shape index (κ1) is 12.9. The van der Waals surface area contributed by atoms with E-state index in [1.54, 1.807) is 0 Å². The molecule has 2 aliphatic rings. The van der Waals surface area contributed by atoms with Crippen LogP contribution in [0, 0.1) is 12.8 Å². The number of Topliss-reactive ketones (excluding diaryl/α,β-unsaturated/α-hetero) is 1. The highest BCUT2D eigenvalue weighted by molar-refractivity contribution is 5.98. The number of piperidine rings is 1. The fraction of sp³-hybridized carbons (Fsp3) is 0.688. The normalized spacial score (nSPS) is 28.5.